The van der Waals surface area contributed by atoms with Crippen molar-refractivity contribution in [3.8, 4) is 0 Å². The van der Waals surface area contributed by atoms with Crippen molar-refractivity contribution in [2.24, 2.45) is 0 Å². The van der Waals surface area contributed by atoms with E-state index < -0.39 is 10.9 Å². The summed E-state index contributed by atoms with van der Waals surface area (Å²) in [5.41, 5.74) is 2.09. The average molecular weight is 357 g/mol. The number of hydrogen-bond donors (Lipinski definition) is 1. The van der Waals surface area contributed by atoms with Gasteiger partial charge in [0.2, 0.25) is 0 Å². The molecule has 138 valence electrons. The van der Waals surface area contributed by atoms with Gasteiger partial charge in [0.1, 0.15) is 11.4 Å². The predicted molar refractivity (Wildman–Crippen MR) is 101 cm³/mol. The highest BCUT2D eigenvalue weighted by Crippen LogP contribution is 2.22. The fourth-order valence-electron chi connectivity index (χ4n) is 3.07. The Hall–Kier alpha value is -2.83. The van der Waals surface area contributed by atoms with Crippen LogP contribution in [-0.4, -0.2) is 43.8 Å². The molecule has 0 atom stereocenters. The molecule has 1 saturated heterocycles. The molecule has 1 fully saturated rings. The van der Waals surface area contributed by atoms with Gasteiger partial charge in [0.15, 0.2) is 0 Å². The van der Waals surface area contributed by atoms with Crippen LogP contribution >= 0.6 is 0 Å². The number of nitrogens with zero attached hydrogens (tertiary/aromatic N) is 2. The summed E-state index contributed by atoms with van der Waals surface area (Å²) in [7, 11) is 0. The Morgan fingerprint density at radius 2 is 1.73 bits per heavy atom. The lowest BCUT2D eigenvalue weighted by Crippen LogP contribution is -2.53. The highest BCUT2D eigenvalue weighted by molar-refractivity contribution is 5.76. The van der Waals surface area contributed by atoms with Gasteiger partial charge in [-0.1, -0.05) is 29.8 Å². The van der Waals surface area contributed by atoms with E-state index in [1.54, 1.807) is 11.8 Å². The standard InChI is InChI=1S/C19H23N3O4/c1-3-26-19(25)22-10-8-21(9-11-22)16-15(17(23)18(16)24)20-12-14-6-4-13(2)5-7-14/h4-7,20H,3,8-12H2,1-2H3. The molecule has 0 aromatic heterocycles. The van der Waals surface area contributed by atoms with E-state index in [2.05, 4.69) is 5.32 Å². The van der Waals surface area contributed by atoms with Gasteiger partial charge in [-0.2, -0.15) is 0 Å². The number of carbonyl (C=O) groups excluding carboxylic acids is 1. The van der Waals surface area contributed by atoms with Crippen LogP contribution in [0.25, 0.3) is 0 Å². The molecule has 3 rings (SSSR count). The summed E-state index contributed by atoms with van der Waals surface area (Å²) in [5, 5.41) is 3.10. The summed E-state index contributed by atoms with van der Waals surface area (Å²) in [6, 6.07) is 8.00. The molecule has 0 saturated carbocycles. The number of hydrogen-bond acceptors (Lipinski definition) is 6. The van der Waals surface area contributed by atoms with E-state index in [4.69, 9.17) is 4.74 Å². The maximum absolute atomic E-state index is 12.1. The normalized spacial score (nSPS) is 14.5. The molecular weight excluding hydrogens is 334 g/mol. The van der Waals surface area contributed by atoms with Crippen LogP contribution in [0.2, 0.25) is 0 Å². The molecule has 2 aromatic carbocycles. The third-order valence-electron chi connectivity index (χ3n) is 4.60. The second-order valence-electron chi connectivity index (χ2n) is 6.39. The van der Waals surface area contributed by atoms with Gasteiger partial charge in [0.25, 0.3) is 10.9 Å². The minimum absolute atomic E-state index is 0.338. The lowest BCUT2D eigenvalue weighted by molar-refractivity contribution is 0.105. The predicted octanol–water partition coefficient (Wildman–Crippen LogP) is 1.48. The minimum Gasteiger partial charge on any atom is -0.450 e. The number of carbonyl (C=O) groups is 1. The van der Waals surface area contributed by atoms with Crippen LogP contribution in [0.15, 0.2) is 33.9 Å². The Kier molecular flexibility index (Phi) is 5.25. The van der Waals surface area contributed by atoms with Gasteiger partial charge < -0.3 is 19.9 Å². The Labute approximate surface area is 151 Å². The van der Waals surface area contributed by atoms with Crippen molar-refractivity contribution in [1.29, 1.82) is 0 Å². The molecule has 26 heavy (non-hydrogen) atoms. The quantitative estimate of drug-likeness (QED) is 0.817. The van der Waals surface area contributed by atoms with Gasteiger partial charge in [0, 0.05) is 32.7 Å². The molecule has 7 nitrogen and oxygen atoms in total. The number of nitrogens with one attached hydrogen (secondary N) is 1. The smallest absolute Gasteiger partial charge is 0.409 e. The number of aryl methyl sites for hydroxylation is 1. The van der Waals surface area contributed by atoms with E-state index in [0.29, 0.717) is 50.7 Å². The first kappa shape index (κ1) is 18.0. The third-order valence-corrected chi connectivity index (χ3v) is 4.60. The zero-order chi connectivity index (χ0) is 18.7. The number of anilines is 2. The summed E-state index contributed by atoms with van der Waals surface area (Å²) in [4.78, 5) is 39.3. The summed E-state index contributed by atoms with van der Waals surface area (Å²) >= 11 is 0. The zero-order valence-electron chi connectivity index (χ0n) is 15.1. The lowest BCUT2D eigenvalue weighted by atomic mass is 10.1. The Morgan fingerprint density at radius 3 is 2.35 bits per heavy atom. The zero-order valence-corrected chi connectivity index (χ0v) is 15.1. The van der Waals surface area contributed by atoms with E-state index >= 15 is 0 Å². The molecule has 1 N–H and O–H groups in total. The monoisotopic (exact) mass is 357 g/mol. The van der Waals surface area contributed by atoms with Crippen molar-refractivity contribution in [3.05, 3.63) is 55.8 Å². The van der Waals surface area contributed by atoms with Gasteiger partial charge in [-0.3, -0.25) is 9.59 Å². The van der Waals surface area contributed by atoms with E-state index in [0.717, 1.165) is 5.56 Å². The molecule has 7 heteroatoms. The second-order valence-corrected chi connectivity index (χ2v) is 6.39. The number of rotatable bonds is 5. The molecule has 1 amide bonds. The third kappa shape index (κ3) is 3.56. The van der Waals surface area contributed by atoms with Gasteiger partial charge >= 0.3 is 6.09 Å². The largest absolute Gasteiger partial charge is 0.450 e. The molecule has 1 heterocycles. The van der Waals surface area contributed by atoms with Crippen LogP contribution in [0.1, 0.15) is 18.1 Å². The highest BCUT2D eigenvalue weighted by Gasteiger charge is 2.29. The van der Waals surface area contributed by atoms with Crippen LogP contribution in [0.5, 0.6) is 0 Å². The van der Waals surface area contributed by atoms with Gasteiger partial charge in [-0.05, 0) is 19.4 Å². The van der Waals surface area contributed by atoms with Crippen molar-refractivity contribution >= 4 is 17.5 Å². The second kappa shape index (κ2) is 7.59. The fourth-order valence-corrected chi connectivity index (χ4v) is 3.07. The summed E-state index contributed by atoms with van der Waals surface area (Å²) in [6.45, 7) is 6.55. The SMILES string of the molecule is CCOC(=O)N1CCN(c2c(NCc3ccc(C)cc3)c(=O)c2=O)CC1. The van der Waals surface area contributed by atoms with Crippen molar-refractivity contribution in [2.45, 2.75) is 20.4 Å². The van der Waals surface area contributed by atoms with E-state index in [1.165, 1.54) is 5.56 Å². The average Bonchev–Trinajstić information content (AvgIpc) is 2.66. The van der Waals surface area contributed by atoms with Crippen LogP contribution in [0.4, 0.5) is 16.2 Å². The molecule has 0 spiro atoms. The van der Waals surface area contributed by atoms with E-state index in [9.17, 15) is 14.4 Å². The Balaban J connectivity index is 1.64. The summed E-state index contributed by atoms with van der Waals surface area (Å²) in [5.74, 6) is 0. The minimum atomic E-state index is -0.472. The van der Waals surface area contributed by atoms with Gasteiger partial charge in [-0.15, -0.1) is 0 Å². The van der Waals surface area contributed by atoms with Crippen molar-refractivity contribution in [1.82, 2.24) is 4.90 Å². The van der Waals surface area contributed by atoms with E-state index in [-0.39, 0.29) is 6.09 Å². The van der Waals surface area contributed by atoms with Crippen LogP contribution in [0.3, 0.4) is 0 Å². The molecular formula is C19H23N3O4. The first-order valence-corrected chi connectivity index (χ1v) is 8.80. The van der Waals surface area contributed by atoms with Gasteiger partial charge in [0.05, 0.1) is 6.61 Å². The van der Waals surface area contributed by atoms with Gasteiger partial charge in [-0.25, -0.2) is 4.79 Å². The molecule has 0 radical (unpaired) electrons. The van der Waals surface area contributed by atoms with Crippen LogP contribution in [-0.2, 0) is 11.3 Å². The highest BCUT2D eigenvalue weighted by atomic mass is 16.6. The molecule has 0 unspecified atom stereocenters. The first-order chi connectivity index (χ1) is 12.5. The topological polar surface area (TPSA) is 79.0 Å². The number of benzene rings is 1. The van der Waals surface area contributed by atoms with Crippen molar-refractivity contribution in [3.63, 3.8) is 0 Å². The van der Waals surface area contributed by atoms with Crippen LogP contribution < -0.4 is 21.1 Å². The maximum Gasteiger partial charge on any atom is 0.409 e. The maximum atomic E-state index is 12.1. The first-order valence-electron chi connectivity index (χ1n) is 8.80. The van der Waals surface area contributed by atoms with Crippen molar-refractivity contribution < 1.29 is 9.53 Å². The Morgan fingerprint density at radius 1 is 1.08 bits per heavy atom. The number of amides is 1. The molecule has 1 aliphatic heterocycles. The summed E-state index contributed by atoms with van der Waals surface area (Å²) in [6.07, 6.45) is -0.338. The molecule has 0 bridgehead atoms. The molecule has 1 aliphatic rings. The fraction of sp³-hybridized carbons (Fsp3) is 0.421. The Bertz CT molecular complexity index is 845. The molecule has 2 aromatic rings. The summed E-state index contributed by atoms with van der Waals surface area (Å²) < 4.78 is 5.00. The van der Waals surface area contributed by atoms with Crippen molar-refractivity contribution in [2.75, 3.05) is 43.0 Å². The number of ether oxygens (including phenoxy) is 1. The molecule has 0 aliphatic carbocycles. The van der Waals surface area contributed by atoms with E-state index in [1.807, 2.05) is 36.1 Å². The van der Waals surface area contributed by atoms with Crippen LogP contribution in [0, 0.1) is 6.92 Å². The number of piperazine rings is 1. The lowest BCUT2D eigenvalue weighted by Gasteiger charge is -2.36.